The SMILES string of the molecule is CCC(C(=O)NC1CCCC1)N(Cc1ccccc1Cl)C(=O)CN(c1ccc2c(c1)OCCO2)S(=O)(=O)c1ccccc1. The first-order valence-electron chi connectivity index (χ1n) is 14.6. The Hall–Kier alpha value is -3.76. The molecule has 1 aliphatic heterocycles. The van der Waals surface area contributed by atoms with Gasteiger partial charge in [0.1, 0.15) is 25.8 Å². The number of halogens is 1. The molecule has 1 fully saturated rings. The number of sulfonamides is 1. The third kappa shape index (κ3) is 7.08. The number of rotatable bonds is 11. The van der Waals surface area contributed by atoms with Gasteiger partial charge in [0.2, 0.25) is 11.8 Å². The van der Waals surface area contributed by atoms with Crippen LogP contribution in [0, 0.1) is 0 Å². The Morgan fingerprint density at radius 3 is 2.33 bits per heavy atom. The highest BCUT2D eigenvalue weighted by atomic mass is 35.5. The van der Waals surface area contributed by atoms with Gasteiger partial charge < -0.3 is 19.7 Å². The quantitative estimate of drug-likeness (QED) is 0.315. The molecule has 3 aromatic carbocycles. The van der Waals surface area contributed by atoms with Crippen LogP contribution in [0.25, 0.3) is 0 Å². The van der Waals surface area contributed by atoms with Crippen molar-refractivity contribution in [3.63, 3.8) is 0 Å². The van der Waals surface area contributed by atoms with Gasteiger partial charge in [0.05, 0.1) is 10.6 Å². The highest BCUT2D eigenvalue weighted by molar-refractivity contribution is 7.92. The summed E-state index contributed by atoms with van der Waals surface area (Å²) in [6.07, 6.45) is 4.23. The normalized spacial score (nSPS) is 15.5. The largest absolute Gasteiger partial charge is 0.486 e. The Labute approximate surface area is 257 Å². The fraction of sp³-hybridized carbons (Fsp3) is 0.375. The van der Waals surface area contributed by atoms with Crippen LogP contribution in [0.3, 0.4) is 0 Å². The zero-order valence-electron chi connectivity index (χ0n) is 24.1. The summed E-state index contributed by atoms with van der Waals surface area (Å²) in [4.78, 5) is 29.3. The van der Waals surface area contributed by atoms with Crippen LogP contribution in [0.2, 0.25) is 5.02 Å². The Bertz CT molecular complexity index is 1550. The number of hydrogen-bond donors (Lipinski definition) is 1. The lowest BCUT2D eigenvalue weighted by molar-refractivity contribution is -0.140. The van der Waals surface area contributed by atoms with Crippen LogP contribution in [-0.4, -0.2) is 57.0 Å². The number of fused-ring (bicyclic) bond motifs is 1. The van der Waals surface area contributed by atoms with Gasteiger partial charge in [-0.1, -0.05) is 67.8 Å². The lowest BCUT2D eigenvalue weighted by Gasteiger charge is -2.34. The Kier molecular flexibility index (Phi) is 9.77. The summed E-state index contributed by atoms with van der Waals surface area (Å²) in [5.74, 6) is 0.0856. The predicted molar refractivity (Wildman–Crippen MR) is 165 cm³/mol. The van der Waals surface area contributed by atoms with Crippen molar-refractivity contribution >= 4 is 39.1 Å². The third-order valence-corrected chi connectivity index (χ3v) is 9.97. The minimum Gasteiger partial charge on any atom is -0.486 e. The molecule has 1 heterocycles. The van der Waals surface area contributed by atoms with Crippen molar-refractivity contribution in [1.29, 1.82) is 0 Å². The standard InChI is InChI=1S/C32H36ClN3O6S/c1-2-28(32(38)34-24-11-7-8-12-24)35(21-23-10-6-9-15-27(23)33)31(37)22-36(43(39,40)26-13-4-3-5-14-26)25-16-17-29-30(20-25)42-19-18-41-29/h3-6,9-10,13-17,20,24,28H,2,7-8,11-12,18-19,21-22H2,1H3,(H,34,38). The molecule has 11 heteroatoms. The average Bonchev–Trinajstić information content (AvgIpc) is 3.53. The van der Waals surface area contributed by atoms with E-state index in [2.05, 4.69) is 5.32 Å². The summed E-state index contributed by atoms with van der Waals surface area (Å²) < 4.78 is 40.5. The van der Waals surface area contributed by atoms with Gasteiger partial charge in [0, 0.05) is 23.7 Å². The van der Waals surface area contributed by atoms with Gasteiger partial charge in [-0.3, -0.25) is 13.9 Å². The molecule has 228 valence electrons. The van der Waals surface area contributed by atoms with Crippen LogP contribution in [0.1, 0.15) is 44.6 Å². The van der Waals surface area contributed by atoms with E-state index in [1.807, 2.05) is 13.0 Å². The summed E-state index contributed by atoms with van der Waals surface area (Å²) in [7, 11) is -4.20. The van der Waals surface area contributed by atoms with Crippen molar-refractivity contribution in [2.24, 2.45) is 0 Å². The number of carbonyl (C=O) groups excluding carboxylic acids is 2. The van der Waals surface area contributed by atoms with Crippen molar-refractivity contribution in [2.75, 3.05) is 24.1 Å². The smallest absolute Gasteiger partial charge is 0.264 e. The lowest BCUT2D eigenvalue weighted by Crippen LogP contribution is -2.53. The number of hydrogen-bond acceptors (Lipinski definition) is 6. The molecule has 2 amide bonds. The van der Waals surface area contributed by atoms with Gasteiger partial charge in [-0.2, -0.15) is 0 Å². The minimum atomic E-state index is -4.20. The number of nitrogens with one attached hydrogen (secondary N) is 1. The molecule has 1 saturated carbocycles. The van der Waals surface area contributed by atoms with Gasteiger partial charge >= 0.3 is 0 Å². The van der Waals surface area contributed by atoms with Crippen LogP contribution in [0.5, 0.6) is 11.5 Å². The number of amides is 2. The molecular weight excluding hydrogens is 590 g/mol. The fourth-order valence-electron chi connectivity index (χ4n) is 5.53. The number of nitrogens with zero attached hydrogens (tertiary/aromatic N) is 2. The highest BCUT2D eigenvalue weighted by Crippen LogP contribution is 2.36. The fourth-order valence-corrected chi connectivity index (χ4v) is 7.16. The molecule has 2 aliphatic rings. The Balaban J connectivity index is 1.52. The maximum Gasteiger partial charge on any atom is 0.264 e. The molecule has 0 saturated heterocycles. The first-order valence-corrected chi connectivity index (χ1v) is 16.4. The van der Waals surface area contributed by atoms with Crippen LogP contribution < -0.4 is 19.1 Å². The number of carbonyl (C=O) groups is 2. The molecule has 1 unspecified atom stereocenters. The maximum atomic E-state index is 14.3. The van der Waals surface area contributed by atoms with Crippen molar-refractivity contribution in [3.05, 3.63) is 83.4 Å². The predicted octanol–water partition coefficient (Wildman–Crippen LogP) is 5.17. The first kappa shape index (κ1) is 30.7. The third-order valence-electron chi connectivity index (χ3n) is 7.81. The minimum absolute atomic E-state index is 0.0290. The Morgan fingerprint density at radius 1 is 0.953 bits per heavy atom. The van der Waals surface area contributed by atoms with Crippen molar-refractivity contribution in [2.45, 2.75) is 62.6 Å². The molecule has 1 aliphatic carbocycles. The van der Waals surface area contributed by atoms with Gasteiger partial charge in [-0.05, 0) is 55.2 Å². The average molecular weight is 626 g/mol. The molecule has 43 heavy (non-hydrogen) atoms. The number of anilines is 1. The molecule has 3 aromatic rings. The lowest BCUT2D eigenvalue weighted by atomic mass is 10.1. The molecule has 0 spiro atoms. The van der Waals surface area contributed by atoms with Gasteiger partial charge in [-0.25, -0.2) is 8.42 Å². The molecule has 0 radical (unpaired) electrons. The zero-order chi connectivity index (χ0) is 30.4. The summed E-state index contributed by atoms with van der Waals surface area (Å²) in [6, 6.07) is 19.1. The van der Waals surface area contributed by atoms with E-state index in [4.69, 9.17) is 21.1 Å². The van der Waals surface area contributed by atoms with E-state index in [-0.39, 0.29) is 29.1 Å². The van der Waals surface area contributed by atoms with Crippen molar-refractivity contribution in [3.8, 4) is 11.5 Å². The highest BCUT2D eigenvalue weighted by Gasteiger charge is 2.35. The zero-order valence-corrected chi connectivity index (χ0v) is 25.6. The molecule has 9 nitrogen and oxygen atoms in total. The summed E-state index contributed by atoms with van der Waals surface area (Å²) in [5, 5.41) is 3.56. The van der Waals surface area contributed by atoms with E-state index < -0.39 is 28.5 Å². The molecule has 0 aromatic heterocycles. The van der Waals surface area contributed by atoms with E-state index in [1.165, 1.54) is 17.0 Å². The summed E-state index contributed by atoms with van der Waals surface area (Å²) >= 11 is 6.49. The Morgan fingerprint density at radius 2 is 1.63 bits per heavy atom. The molecule has 0 bridgehead atoms. The van der Waals surface area contributed by atoms with E-state index in [1.54, 1.807) is 54.6 Å². The summed E-state index contributed by atoms with van der Waals surface area (Å²) in [6.45, 7) is 2.03. The van der Waals surface area contributed by atoms with Crippen LogP contribution in [0.4, 0.5) is 5.69 Å². The van der Waals surface area contributed by atoms with Crippen LogP contribution >= 0.6 is 11.6 Å². The van der Waals surface area contributed by atoms with Crippen LogP contribution in [-0.2, 0) is 26.2 Å². The molecule has 1 atom stereocenters. The van der Waals surface area contributed by atoms with E-state index in [0.29, 0.717) is 41.7 Å². The van der Waals surface area contributed by atoms with Gasteiger partial charge in [0.15, 0.2) is 11.5 Å². The molecule has 1 N–H and O–H groups in total. The summed E-state index contributed by atoms with van der Waals surface area (Å²) in [5.41, 5.74) is 0.893. The number of benzene rings is 3. The first-order chi connectivity index (χ1) is 20.8. The van der Waals surface area contributed by atoms with Gasteiger partial charge in [-0.15, -0.1) is 0 Å². The monoisotopic (exact) mass is 625 g/mol. The van der Waals surface area contributed by atoms with E-state index >= 15 is 0 Å². The topological polar surface area (TPSA) is 105 Å². The molecule has 5 rings (SSSR count). The van der Waals surface area contributed by atoms with Crippen molar-refractivity contribution in [1.82, 2.24) is 10.2 Å². The molecular formula is C32H36ClN3O6S. The van der Waals surface area contributed by atoms with Crippen LogP contribution in [0.15, 0.2) is 77.7 Å². The van der Waals surface area contributed by atoms with E-state index in [9.17, 15) is 18.0 Å². The number of ether oxygens (including phenoxy) is 2. The second-order valence-electron chi connectivity index (χ2n) is 10.7. The maximum absolute atomic E-state index is 14.3. The van der Waals surface area contributed by atoms with Crippen molar-refractivity contribution < 1.29 is 27.5 Å². The second kappa shape index (κ2) is 13.7. The van der Waals surface area contributed by atoms with E-state index in [0.717, 1.165) is 30.0 Å². The second-order valence-corrected chi connectivity index (χ2v) is 12.9. The van der Waals surface area contributed by atoms with Gasteiger partial charge in [0.25, 0.3) is 10.0 Å².